The van der Waals surface area contributed by atoms with Gasteiger partial charge in [0.1, 0.15) is 11.7 Å². The number of carboxylic acid groups (broad SMARTS) is 1. The molecule has 1 aromatic heterocycles. The summed E-state index contributed by atoms with van der Waals surface area (Å²) < 4.78 is 1.48. The second-order valence-electron chi connectivity index (χ2n) is 3.15. The molecule has 0 radical (unpaired) electrons. The third kappa shape index (κ3) is 2.80. The third-order valence-electron chi connectivity index (χ3n) is 1.96. The van der Waals surface area contributed by atoms with E-state index in [1.54, 1.807) is 20.2 Å². The lowest BCUT2D eigenvalue weighted by Gasteiger charge is -2.10. The lowest BCUT2D eigenvalue weighted by Crippen LogP contribution is -2.40. The summed E-state index contributed by atoms with van der Waals surface area (Å²) in [5.74, 6) is -1.51. The maximum atomic E-state index is 11.5. The number of aryl methyl sites for hydroxylation is 1. The SMILES string of the molecule is CC[C@H](NC(=O)c1ccn(C)n1)C(=O)O. The zero-order chi connectivity index (χ0) is 11.4. The number of aliphatic carboxylic acids is 1. The number of aromatic nitrogens is 2. The second-order valence-corrected chi connectivity index (χ2v) is 3.15. The highest BCUT2D eigenvalue weighted by Gasteiger charge is 2.19. The van der Waals surface area contributed by atoms with Crippen molar-refractivity contribution in [1.82, 2.24) is 15.1 Å². The molecule has 0 aromatic carbocycles. The summed E-state index contributed by atoms with van der Waals surface area (Å²) in [7, 11) is 1.69. The molecule has 2 N–H and O–H groups in total. The van der Waals surface area contributed by atoms with E-state index >= 15 is 0 Å². The van der Waals surface area contributed by atoms with E-state index < -0.39 is 17.9 Å². The molecule has 0 aliphatic carbocycles. The van der Waals surface area contributed by atoms with Crippen LogP contribution in [0.25, 0.3) is 0 Å². The van der Waals surface area contributed by atoms with Crippen molar-refractivity contribution in [2.75, 3.05) is 0 Å². The minimum Gasteiger partial charge on any atom is -0.480 e. The minimum absolute atomic E-state index is 0.220. The highest BCUT2D eigenvalue weighted by molar-refractivity contribution is 5.94. The van der Waals surface area contributed by atoms with Gasteiger partial charge in [0.2, 0.25) is 0 Å². The zero-order valence-electron chi connectivity index (χ0n) is 8.60. The van der Waals surface area contributed by atoms with Crippen LogP contribution in [0.3, 0.4) is 0 Å². The van der Waals surface area contributed by atoms with Crippen LogP contribution in [0.4, 0.5) is 0 Å². The smallest absolute Gasteiger partial charge is 0.326 e. The average Bonchev–Trinajstić information content (AvgIpc) is 2.60. The first-order chi connectivity index (χ1) is 7.04. The molecule has 0 fully saturated rings. The van der Waals surface area contributed by atoms with Gasteiger partial charge < -0.3 is 10.4 Å². The van der Waals surface area contributed by atoms with Gasteiger partial charge >= 0.3 is 5.97 Å². The maximum Gasteiger partial charge on any atom is 0.326 e. The third-order valence-corrected chi connectivity index (χ3v) is 1.96. The van der Waals surface area contributed by atoms with E-state index in [0.29, 0.717) is 6.42 Å². The summed E-state index contributed by atoms with van der Waals surface area (Å²) in [6.07, 6.45) is 1.96. The summed E-state index contributed by atoms with van der Waals surface area (Å²) in [5, 5.41) is 15.0. The Labute approximate surface area is 86.9 Å². The molecule has 0 bridgehead atoms. The molecule has 82 valence electrons. The molecule has 0 aliphatic rings. The highest BCUT2D eigenvalue weighted by atomic mass is 16.4. The van der Waals surface area contributed by atoms with E-state index in [2.05, 4.69) is 10.4 Å². The van der Waals surface area contributed by atoms with Gasteiger partial charge in [0, 0.05) is 13.2 Å². The molecule has 0 spiro atoms. The van der Waals surface area contributed by atoms with Crippen LogP contribution in [0.5, 0.6) is 0 Å². The van der Waals surface area contributed by atoms with E-state index in [9.17, 15) is 9.59 Å². The van der Waals surface area contributed by atoms with Crippen molar-refractivity contribution in [3.8, 4) is 0 Å². The topological polar surface area (TPSA) is 84.2 Å². The number of carboxylic acids is 1. The van der Waals surface area contributed by atoms with Crippen molar-refractivity contribution in [3.63, 3.8) is 0 Å². The Balaban J connectivity index is 2.66. The van der Waals surface area contributed by atoms with E-state index in [-0.39, 0.29) is 5.69 Å². The van der Waals surface area contributed by atoms with Crippen LogP contribution in [0, 0.1) is 0 Å². The Bertz CT molecular complexity index is 372. The van der Waals surface area contributed by atoms with E-state index in [4.69, 9.17) is 5.11 Å². The van der Waals surface area contributed by atoms with Crippen LogP contribution in [0.1, 0.15) is 23.8 Å². The molecule has 1 amide bonds. The molecule has 15 heavy (non-hydrogen) atoms. The molecular weight excluding hydrogens is 198 g/mol. The standard InChI is InChI=1S/C9H13N3O3/c1-3-6(9(14)15)10-8(13)7-4-5-12(2)11-7/h4-6H,3H2,1-2H3,(H,10,13)(H,14,15)/t6-/m0/s1. The average molecular weight is 211 g/mol. The quantitative estimate of drug-likeness (QED) is 0.735. The number of carbonyl (C=O) groups is 2. The van der Waals surface area contributed by atoms with Gasteiger partial charge in [-0.05, 0) is 12.5 Å². The molecule has 0 aliphatic heterocycles. The Hall–Kier alpha value is -1.85. The number of nitrogens with one attached hydrogen (secondary N) is 1. The van der Waals surface area contributed by atoms with Crippen molar-refractivity contribution < 1.29 is 14.7 Å². The summed E-state index contributed by atoms with van der Waals surface area (Å²) in [5.41, 5.74) is 0.220. The monoisotopic (exact) mass is 211 g/mol. The van der Waals surface area contributed by atoms with Crippen molar-refractivity contribution in [1.29, 1.82) is 0 Å². The van der Waals surface area contributed by atoms with Crippen LogP contribution in [-0.2, 0) is 11.8 Å². The van der Waals surface area contributed by atoms with Gasteiger partial charge in [-0.2, -0.15) is 5.10 Å². The van der Waals surface area contributed by atoms with Crippen LogP contribution >= 0.6 is 0 Å². The van der Waals surface area contributed by atoms with Crippen LogP contribution in [0.2, 0.25) is 0 Å². The zero-order valence-corrected chi connectivity index (χ0v) is 8.60. The minimum atomic E-state index is -1.04. The molecule has 0 saturated heterocycles. The largest absolute Gasteiger partial charge is 0.480 e. The molecule has 0 unspecified atom stereocenters. The van der Waals surface area contributed by atoms with Crippen molar-refractivity contribution in [2.45, 2.75) is 19.4 Å². The molecule has 1 heterocycles. The number of hydrogen-bond donors (Lipinski definition) is 2. The molecule has 1 rings (SSSR count). The predicted octanol–water partition coefficient (Wildman–Crippen LogP) is 0.0131. The van der Waals surface area contributed by atoms with E-state index in [1.807, 2.05) is 0 Å². The lowest BCUT2D eigenvalue weighted by molar-refractivity contribution is -0.139. The lowest BCUT2D eigenvalue weighted by atomic mass is 10.2. The Kier molecular flexibility index (Phi) is 3.43. The molecule has 0 saturated carbocycles. The van der Waals surface area contributed by atoms with Gasteiger partial charge in [0.25, 0.3) is 5.91 Å². The van der Waals surface area contributed by atoms with E-state index in [0.717, 1.165) is 0 Å². The van der Waals surface area contributed by atoms with Gasteiger partial charge in [-0.1, -0.05) is 6.92 Å². The number of hydrogen-bond acceptors (Lipinski definition) is 3. The first kappa shape index (κ1) is 11.2. The fraction of sp³-hybridized carbons (Fsp3) is 0.444. The summed E-state index contributed by atoms with van der Waals surface area (Å²) in [6.45, 7) is 1.69. The van der Waals surface area contributed by atoms with Gasteiger partial charge in [-0.15, -0.1) is 0 Å². The molecule has 6 heteroatoms. The van der Waals surface area contributed by atoms with Gasteiger partial charge in [-0.25, -0.2) is 4.79 Å². The number of carbonyl (C=O) groups excluding carboxylic acids is 1. The normalized spacial score (nSPS) is 12.1. The first-order valence-electron chi connectivity index (χ1n) is 4.58. The van der Waals surface area contributed by atoms with Crippen molar-refractivity contribution in [2.24, 2.45) is 7.05 Å². The molecule has 6 nitrogen and oxygen atoms in total. The maximum absolute atomic E-state index is 11.5. The second kappa shape index (κ2) is 4.59. The summed E-state index contributed by atoms with van der Waals surface area (Å²) >= 11 is 0. The molecule has 1 aromatic rings. The van der Waals surface area contributed by atoms with E-state index in [1.165, 1.54) is 10.7 Å². The first-order valence-corrected chi connectivity index (χ1v) is 4.58. The fourth-order valence-electron chi connectivity index (χ4n) is 1.11. The highest BCUT2D eigenvalue weighted by Crippen LogP contribution is 1.97. The molecular formula is C9H13N3O3. The van der Waals surface area contributed by atoms with Crippen LogP contribution in [-0.4, -0.2) is 32.8 Å². The predicted molar refractivity (Wildman–Crippen MR) is 52.4 cm³/mol. The van der Waals surface area contributed by atoms with Crippen LogP contribution < -0.4 is 5.32 Å². The summed E-state index contributed by atoms with van der Waals surface area (Å²) in [6, 6.07) is 0.670. The number of nitrogens with zero attached hydrogens (tertiary/aromatic N) is 2. The Morgan fingerprint density at radius 1 is 1.67 bits per heavy atom. The van der Waals surface area contributed by atoms with Crippen LogP contribution in [0.15, 0.2) is 12.3 Å². The fourth-order valence-corrected chi connectivity index (χ4v) is 1.11. The Morgan fingerprint density at radius 3 is 2.73 bits per heavy atom. The van der Waals surface area contributed by atoms with Crippen molar-refractivity contribution >= 4 is 11.9 Å². The number of rotatable bonds is 4. The van der Waals surface area contributed by atoms with Crippen molar-refractivity contribution in [3.05, 3.63) is 18.0 Å². The van der Waals surface area contributed by atoms with Gasteiger partial charge in [-0.3, -0.25) is 9.48 Å². The number of amides is 1. The van der Waals surface area contributed by atoms with Gasteiger partial charge in [0.05, 0.1) is 0 Å². The summed E-state index contributed by atoms with van der Waals surface area (Å²) in [4.78, 5) is 22.1. The molecule has 1 atom stereocenters. The Morgan fingerprint density at radius 2 is 2.33 bits per heavy atom. The van der Waals surface area contributed by atoms with Gasteiger partial charge in [0.15, 0.2) is 0 Å².